The smallest absolute Gasteiger partial charge is 0.223 e. The minimum Gasteiger partial charge on any atom is -0.392 e. The normalized spacial score (nSPS) is 25.2. The number of piperazine rings is 1. The molecule has 0 spiro atoms. The van der Waals surface area contributed by atoms with Gasteiger partial charge >= 0.3 is 0 Å². The number of carbonyl (C=O) groups excluding carboxylic acids is 1. The van der Waals surface area contributed by atoms with Crippen molar-refractivity contribution < 1.29 is 14.3 Å². The van der Waals surface area contributed by atoms with Crippen molar-refractivity contribution in [2.24, 2.45) is 5.92 Å². The lowest BCUT2D eigenvalue weighted by Crippen LogP contribution is -2.50. The summed E-state index contributed by atoms with van der Waals surface area (Å²) in [6, 6.07) is 6.52. The molecule has 2 aliphatic heterocycles. The van der Waals surface area contributed by atoms with E-state index >= 15 is 0 Å². The van der Waals surface area contributed by atoms with E-state index in [1.54, 1.807) is 12.1 Å². The Hall–Kier alpha value is -1.66. The summed E-state index contributed by atoms with van der Waals surface area (Å²) in [6.45, 7) is 7.39. The second-order valence-electron chi connectivity index (χ2n) is 7.23. The minimum atomic E-state index is -0.275. The summed E-state index contributed by atoms with van der Waals surface area (Å²) in [6.07, 6.45) is 1.23. The number of hydrogen-bond acceptors (Lipinski definition) is 4. The highest BCUT2D eigenvalue weighted by molar-refractivity contribution is 5.76. The second-order valence-corrected chi connectivity index (χ2v) is 7.23. The molecule has 1 aromatic rings. The van der Waals surface area contributed by atoms with E-state index in [4.69, 9.17) is 0 Å². The maximum absolute atomic E-state index is 13.0. The van der Waals surface area contributed by atoms with E-state index in [-0.39, 0.29) is 17.8 Å². The first-order chi connectivity index (χ1) is 12.0. The number of amides is 1. The molecule has 1 N–H and O–H groups in total. The summed E-state index contributed by atoms with van der Waals surface area (Å²) in [5.41, 5.74) is 1.00. The Bertz CT molecular complexity index is 573. The van der Waals surface area contributed by atoms with Gasteiger partial charge in [-0.2, -0.15) is 0 Å². The average Bonchev–Trinajstić information content (AvgIpc) is 2.63. The molecule has 0 saturated carbocycles. The summed E-state index contributed by atoms with van der Waals surface area (Å²) >= 11 is 0. The van der Waals surface area contributed by atoms with Gasteiger partial charge in [-0.1, -0.05) is 6.92 Å². The second kappa shape index (κ2) is 8.15. The van der Waals surface area contributed by atoms with Gasteiger partial charge in [-0.05, 0) is 43.1 Å². The van der Waals surface area contributed by atoms with Crippen molar-refractivity contribution in [2.75, 3.05) is 50.7 Å². The Balaban J connectivity index is 1.42. The summed E-state index contributed by atoms with van der Waals surface area (Å²) in [4.78, 5) is 18.7. The first-order valence-electron chi connectivity index (χ1n) is 9.21. The van der Waals surface area contributed by atoms with Crippen LogP contribution in [-0.2, 0) is 4.79 Å². The van der Waals surface area contributed by atoms with Crippen molar-refractivity contribution in [1.82, 2.24) is 9.80 Å². The molecular formula is C19H28FN3O2. The van der Waals surface area contributed by atoms with Crippen molar-refractivity contribution >= 4 is 11.6 Å². The Labute approximate surface area is 149 Å². The monoisotopic (exact) mass is 349 g/mol. The Morgan fingerprint density at radius 2 is 1.84 bits per heavy atom. The molecule has 5 nitrogen and oxygen atoms in total. The van der Waals surface area contributed by atoms with Crippen molar-refractivity contribution in [3.05, 3.63) is 30.1 Å². The SMILES string of the molecule is CC1CCN(CCC(=O)N2CCN(c3ccc(F)cc3)CC2)CC1O. The van der Waals surface area contributed by atoms with Gasteiger partial charge in [0.1, 0.15) is 5.82 Å². The van der Waals surface area contributed by atoms with Crippen LogP contribution < -0.4 is 4.90 Å². The van der Waals surface area contributed by atoms with Crippen LogP contribution in [0.2, 0.25) is 0 Å². The van der Waals surface area contributed by atoms with Gasteiger partial charge in [0.25, 0.3) is 0 Å². The zero-order valence-corrected chi connectivity index (χ0v) is 14.9. The largest absolute Gasteiger partial charge is 0.392 e. The van der Waals surface area contributed by atoms with E-state index in [1.165, 1.54) is 12.1 Å². The number of hydrogen-bond donors (Lipinski definition) is 1. The van der Waals surface area contributed by atoms with Gasteiger partial charge in [-0.15, -0.1) is 0 Å². The molecule has 25 heavy (non-hydrogen) atoms. The number of rotatable bonds is 4. The molecule has 3 rings (SSSR count). The summed E-state index contributed by atoms with van der Waals surface area (Å²) < 4.78 is 13.0. The molecule has 138 valence electrons. The topological polar surface area (TPSA) is 47.0 Å². The summed E-state index contributed by atoms with van der Waals surface area (Å²) in [7, 11) is 0. The number of piperidine rings is 1. The Kier molecular flexibility index (Phi) is 5.91. The molecular weight excluding hydrogens is 321 g/mol. The molecule has 2 fully saturated rings. The number of nitrogens with zero attached hydrogens (tertiary/aromatic N) is 3. The molecule has 2 unspecified atom stereocenters. The molecule has 0 aromatic heterocycles. The molecule has 2 heterocycles. The third kappa shape index (κ3) is 4.70. The summed E-state index contributed by atoms with van der Waals surface area (Å²) in [5.74, 6) is 0.313. The van der Waals surface area contributed by atoms with Crippen LogP contribution in [0, 0.1) is 11.7 Å². The highest BCUT2D eigenvalue weighted by Crippen LogP contribution is 2.19. The first-order valence-corrected chi connectivity index (χ1v) is 9.21. The Morgan fingerprint density at radius 1 is 1.16 bits per heavy atom. The fraction of sp³-hybridized carbons (Fsp3) is 0.632. The van der Waals surface area contributed by atoms with Crippen molar-refractivity contribution in [1.29, 1.82) is 0 Å². The lowest BCUT2D eigenvalue weighted by molar-refractivity contribution is -0.132. The maximum Gasteiger partial charge on any atom is 0.223 e. The van der Waals surface area contributed by atoms with Gasteiger partial charge < -0.3 is 19.8 Å². The third-order valence-corrected chi connectivity index (χ3v) is 5.47. The molecule has 0 aliphatic carbocycles. The highest BCUT2D eigenvalue weighted by atomic mass is 19.1. The average molecular weight is 349 g/mol. The molecule has 0 radical (unpaired) electrons. The zero-order chi connectivity index (χ0) is 17.8. The molecule has 1 aromatic carbocycles. The summed E-state index contributed by atoms with van der Waals surface area (Å²) in [5, 5.41) is 9.95. The number of carbonyl (C=O) groups is 1. The van der Waals surface area contributed by atoms with Crippen LogP contribution in [0.25, 0.3) is 0 Å². The van der Waals surface area contributed by atoms with Crippen molar-refractivity contribution in [2.45, 2.75) is 25.9 Å². The number of anilines is 1. The molecule has 2 aliphatic rings. The van der Waals surface area contributed by atoms with Gasteiger partial charge in [-0.25, -0.2) is 4.39 Å². The predicted molar refractivity (Wildman–Crippen MR) is 96.0 cm³/mol. The van der Waals surface area contributed by atoms with Crippen LogP contribution in [0.1, 0.15) is 19.8 Å². The van der Waals surface area contributed by atoms with E-state index < -0.39 is 0 Å². The van der Waals surface area contributed by atoms with Crippen molar-refractivity contribution in [3.63, 3.8) is 0 Å². The van der Waals surface area contributed by atoms with Crippen LogP contribution in [0.5, 0.6) is 0 Å². The Morgan fingerprint density at radius 3 is 2.48 bits per heavy atom. The molecule has 2 saturated heterocycles. The highest BCUT2D eigenvalue weighted by Gasteiger charge is 2.26. The zero-order valence-electron chi connectivity index (χ0n) is 14.9. The number of aliphatic hydroxyl groups excluding tert-OH is 1. The molecule has 6 heteroatoms. The van der Waals surface area contributed by atoms with Crippen LogP contribution in [0.4, 0.5) is 10.1 Å². The van der Waals surface area contributed by atoms with E-state index in [1.807, 2.05) is 4.90 Å². The fourth-order valence-electron chi connectivity index (χ4n) is 3.60. The van der Waals surface area contributed by atoms with E-state index in [9.17, 15) is 14.3 Å². The van der Waals surface area contributed by atoms with Crippen LogP contribution in [0.3, 0.4) is 0 Å². The lowest BCUT2D eigenvalue weighted by Gasteiger charge is -2.37. The van der Waals surface area contributed by atoms with E-state index in [0.717, 1.165) is 38.3 Å². The fourth-order valence-corrected chi connectivity index (χ4v) is 3.60. The van der Waals surface area contributed by atoms with Gasteiger partial charge in [0.15, 0.2) is 0 Å². The number of benzene rings is 1. The molecule has 0 bridgehead atoms. The van der Waals surface area contributed by atoms with E-state index in [2.05, 4.69) is 16.7 Å². The number of β-amino-alcohol motifs (C(OH)–C–C–N with tert-alkyl or cyclic N) is 1. The number of aliphatic hydroxyl groups is 1. The lowest BCUT2D eigenvalue weighted by atomic mass is 9.96. The van der Waals surface area contributed by atoms with Crippen molar-refractivity contribution in [3.8, 4) is 0 Å². The van der Waals surface area contributed by atoms with Gasteiger partial charge in [0.05, 0.1) is 6.10 Å². The quantitative estimate of drug-likeness (QED) is 0.896. The van der Waals surface area contributed by atoms with Gasteiger partial charge in [0, 0.05) is 51.4 Å². The van der Waals surface area contributed by atoms with Crippen LogP contribution in [0.15, 0.2) is 24.3 Å². The third-order valence-electron chi connectivity index (χ3n) is 5.47. The van der Waals surface area contributed by atoms with Gasteiger partial charge in [0.2, 0.25) is 5.91 Å². The number of halogens is 1. The van der Waals surface area contributed by atoms with E-state index in [0.29, 0.717) is 32.0 Å². The van der Waals surface area contributed by atoms with Crippen LogP contribution >= 0.6 is 0 Å². The van der Waals surface area contributed by atoms with Crippen LogP contribution in [-0.4, -0.2) is 72.7 Å². The first kappa shape index (κ1) is 18.1. The number of likely N-dealkylation sites (tertiary alicyclic amines) is 1. The molecule has 1 amide bonds. The van der Waals surface area contributed by atoms with Gasteiger partial charge in [-0.3, -0.25) is 4.79 Å². The minimum absolute atomic E-state index is 0.187. The maximum atomic E-state index is 13.0. The standard InChI is InChI=1S/C19H28FN3O2/c1-15-6-8-21(14-18(15)24)9-7-19(25)23-12-10-22(11-13-23)17-4-2-16(20)3-5-17/h2-5,15,18,24H,6-14H2,1H3. The predicted octanol–water partition coefficient (Wildman–Crippen LogP) is 1.57. The molecule has 2 atom stereocenters.